The predicted molar refractivity (Wildman–Crippen MR) is 65.2 cm³/mol. The van der Waals surface area contributed by atoms with Crippen molar-refractivity contribution in [2.45, 2.75) is 18.9 Å². The minimum Gasteiger partial charge on any atom is -0.386 e. The predicted octanol–water partition coefficient (Wildman–Crippen LogP) is 0.950. The van der Waals surface area contributed by atoms with Crippen LogP contribution in [0, 0.1) is 0 Å². The summed E-state index contributed by atoms with van der Waals surface area (Å²) in [6.07, 6.45) is 4.55. The molecule has 0 spiro atoms. The maximum atomic E-state index is 9.97. The molecule has 1 aromatic carbocycles. The summed E-state index contributed by atoms with van der Waals surface area (Å²) in [7, 11) is 0. The van der Waals surface area contributed by atoms with Gasteiger partial charge in [0.25, 0.3) is 0 Å². The molecule has 1 N–H and O–H groups in total. The summed E-state index contributed by atoms with van der Waals surface area (Å²) in [5.74, 6) is 0. The molecule has 2 heteroatoms. The Balaban J connectivity index is 2.41. The van der Waals surface area contributed by atoms with Crippen molar-refractivity contribution in [3.05, 3.63) is 40.9 Å². The number of rotatable bonds is 0. The van der Waals surface area contributed by atoms with E-state index in [9.17, 15) is 5.11 Å². The summed E-state index contributed by atoms with van der Waals surface area (Å²) >= 11 is 0. The summed E-state index contributed by atoms with van der Waals surface area (Å²) < 4.78 is 0. The number of nitrogens with zero attached hydrogens (tertiary/aromatic N) is 1. The van der Waals surface area contributed by atoms with Crippen LogP contribution in [0.5, 0.6) is 0 Å². The van der Waals surface area contributed by atoms with Gasteiger partial charge in [0.2, 0.25) is 0 Å². The monoisotopic (exact) mass is 211 g/mol. The minimum absolute atomic E-state index is 0.653. The molecule has 0 bridgehead atoms. The Morgan fingerprint density at radius 2 is 2.12 bits per heavy atom. The van der Waals surface area contributed by atoms with Gasteiger partial charge in [0.1, 0.15) is 0 Å². The molecule has 16 heavy (non-hydrogen) atoms. The zero-order valence-corrected chi connectivity index (χ0v) is 9.14. The van der Waals surface area contributed by atoms with Crippen molar-refractivity contribution < 1.29 is 5.11 Å². The Morgan fingerprint density at radius 1 is 1.31 bits per heavy atom. The second-order valence-corrected chi connectivity index (χ2v) is 4.57. The van der Waals surface area contributed by atoms with Gasteiger partial charge in [0.15, 0.2) is 0 Å². The molecular formula is C14H13NO. The van der Waals surface area contributed by atoms with Crippen molar-refractivity contribution >= 4 is 23.1 Å². The van der Waals surface area contributed by atoms with Crippen LogP contribution in [0.3, 0.4) is 0 Å². The van der Waals surface area contributed by atoms with E-state index in [0.29, 0.717) is 6.42 Å². The molecule has 1 aliphatic rings. The molecule has 1 atom stereocenters. The van der Waals surface area contributed by atoms with E-state index in [2.05, 4.69) is 23.2 Å². The maximum Gasteiger partial charge on any atom is 0.0858 e. The van der Waals surface area contributed by atoms with Crippen molar-refractivity contribution in [2.24, 2.45) is 0 Å². The Hall–Kier alpha value is -1.67. The van der Waals surface area contributed by atoms with E-state index in [1.807, 2.05) is 31.2 Å². The molecule has 2 aromatic rings. The Bertz CT molecular complexity index is 671. The first kappa shape index (κ1) is 9.55. The van der Waals surface area contributed by atoms with Crippen molar-refractivity contribution in [1.29, 1.82) is 0 Å². The van der Waals surface area contributed by atoms with Gasteiger partial charge in [-0.3, -0.25) is 0 Å². The van der Waals surface area contributed by atoms with Crippen molar-refractivity contribution in [3.8, 4) is 0 Å². The molecule has 0 saturated heterocycles. The van der Waals surface area contributed by atoms with Crippen LogP contribution in [-0.4, -0.2) is 15.7 Å². The second-order valence-electron chi connectivity index (χ2n) is 4.57. The first-order valence-electron chi connectivity index (χ1n) is 5.45. The molecule has 0 fully saturated rings. The summed E-state index contributed by atoms with van der Waals surface area (Å²) in [5, 5.41) is 13.1. The highest BCUT2D eigenvalue weighted by molar-refractivity contribution is 5.78. The number of aliphatic hydroxyl groups is 1. The fourth-order valence-electron chi connectivity index (χ4n) is 2.10. The van der Waals surface area contributed by atoms with Crippen LogP contribution in [0.2, 0.25) is 0 Å². The first-order valence-corrected chi connectivity index (χ1v) is 5.45. The van der Waals surface area contributed by atoms with Gasteiger partial charge >= 0.3 is 0 Å². The molecule has 1 unspecified atom stereocenters. The smallest absolute Gasteiger partial charge is 0.0858 e. The van der Waals surface area contributed by atoms with Crippen LogP contribution in [0.4, 0.5) is 0 Å². The third kappa shape index (κ3) is 1.51. The van der Waals surface area contributed by atoms with E-state index in [4.69, 9.17) is 0 Å². The van der Waals surface area contributed by atoms with E-state index >= 15 is 0 Å². The SMILES string of the molecule is CC1(O)C=c2nc3ccccc3cc2=CC1. The summed E-state index contributed by atoms with van der Waals surface area (Å²) in [5.41, 5.74) is 0.214. The van der Waals surface area contributed by atoms with Crippen molar-refractivity contribution in [2.75, 3.05) is 0 Å². The van der Waals surface area contributed by atoms with Crippen LogP contribution >= 0.6 is 0 Å². The molecule has 0 aliphatic heterocycles. The van der Waals surface area contributed by atoms with Gasteiger partial charge in [-0.15, -0.1) is 0 Å². The third-order valence-corrected chi connectivity index (χ3v) is 2.97. The zero-order chi connectivity index (χ0) is 11.2. The fourth-order valence-corrected chi connectivity index (χ4v) is 2.10. The first-order chi connectivity index (χ1) is 7.64. The Kier molecular flexibility index (Phi) is 1.88. The number of hydrogen-bond donors (Lipinski definition) is 1. The van der Waals surface area contributed by atoms with E-state index in [-0.39, 0.29) is 0 Å². The summed E-state index contributed by atoms with van der Waals surface area (Å²) in [6.45, 7) is 1.81. The van der Waals surface area contributed by atoms with Gasteiger partial charge in [0, 0.05) is 5.39 Å². The lowest BCUT2D eigenvalue weighted by Crippen LogP contribution is -2.38. The minimum atomic E-state index is -0.761. The number of hydrogen-bond acceptors (Lipinski definition) is 2. The molecule has 0 saturated carbocycles. The fraction of sp³-hybridized carbons (Fsp3) is 0.214. The van der Waals surface area contributed by atoms with Crippen LogP contribution in [0.15, 0.2) is 30.3 Å². The van der Waals surface area contributed by atoms with Gasteiger partial charge in [-0.1, -0.05) is 24.3 Å². The lowest BCUT2D eigenvalue weighted by Gasteiger charge is -2.19. The third-order valence-electron chi connectivity index (χ3n) is 2.97. The molecule has 80 valence electrons. The summed E-state index contributed by atoms with van der Waals surface area (Å²) in [4.78, 5) is 4.56. The van der Waals surface area contributed by atoms with E-state index in [1.165, 1.54) is 0 Å². The number of para-hydroxylation sites is 1. The largest absolute Gasteiger partial charge is 0.386 e. The highest BCUT2D eigenvalue weighted by Crippen LogP contribution is 2.14. The van der Waals surface area contributed by atoms with Crippen LogP contribution in [0.25, 0.3) is 23.1 Å². The standard InChI is InChI=1S/C14H13NO/c1-14(16)7-6-11-8-10-4-2-3-5-12(10)15-13(11)9-14/h2-6,8-9,16H,7H2,1H3. The van der Waals surface area contributed by atoms with Crippen LogP contribution < -0.4 is 10.6 Å². The molecule has 1 heterocycles. The highest BCUT2D eigenvalue weighted by Gasteiger charge is 2.18. The van der Waals surface area contributed by atoms with Crippen LogP contribution in [-0.2, 0) is 0 Å². The average molecular weight is 211 g/mol. The number of aromatic nitrogens is 1. The zero-order valence-electron chi connectivity index (χ0n) is 9.14. The number of pyridine rings is 1. The second kappa shape index (κ2) is 3.16. The van der Waals surface area contributed by atoms with Gasteiger partial charge in [-0.2, -0.15) is 0 Å². The average Bonchev–Trinajstić information content (AvgIpc) is 2.25. The van der Waals surface area contributed by atoms with Gasteiger partial charge < -0.3 is 5.11 Å². The quantitative estimate of drug-likeness (QED) is 0.704. The van der Waals surface area contributed by atoms with Crippen molar-refractivity contribution in [1.82, 2.24) is 4.98 Å². The van der Waals surface area contributed by atoms with Gasteiger partial charge in [0.05, 0.1) is 16.5 Å². The van der Waals surface area contributed by atoms with E-state index in [0.717, 1.165) is 21.5 Å². The van der Waals surface area contributed by atoms with Crippen molar-refractivity contribution in [3.63, 3.8) is 0 Å². The molecule has 3 rings (SSSR count). The molecule has 1 aromatic heterocycles. The molecule has 0 amide bonds. The molecule has 1 aliphatic carbocycles. The highest BCUT2D eigenvalue weighted by atomic mass is 16.3. The summed E-state index contributed by atoms with van der Waals surface area (Å²) in [6, 6.07) is 10.2. The lowest BCUT2D eigenvalue weighted by molar-refractivity contribution is 0.134. The topological polar surface area (TPSA) is 33.1 Å². The molecule has 2 nitrogen and oxygen atoms in total. The van der Waals surface area contributed by atoms with E-state index < -0.39 is 5.60 Å². The van der Waals surface area contributed by atoms with Crippen LogP contribution in [0.1, 0.15) is 13.3 Å². The number of fused-ring (bicyclic) bond motifs is 2. The molecule has 0 radical (unpaired) electrons. The molecular weight excluding hydrogens is 198 g/mol. The van der Waals surface area contributed by atoms with E-state index in [1.54, 1.807) is 0 Å². The Labute approximate surface area is 93.6 Å². The van der Waals surface area contributed by atoms with Gasteiger partial charge in [-0.05, 0) is 36.8 Å². The normalized spacial score (nSPS) is 23.4. The maximum absolute atomic E-state index is 9.97. The number of benzene rings is 1. The van der Waals surface area contributed by atoms with Gasteiger partial charge in [-0.25, -0.2) is 4.98 Å². The Morgan fingerprint density at radius 3 is 3.00 bits per heavy atom. The lowest BCUT2D eigenvalue weighted by atomic mass is 9.96.